The van der Waals surface area contributed by atoms with Gasteiger partial charge in [-0.2, -0.15) is 0 Å². The minimum absolute atomic E-state index is 0.389. The maximum Gasteiger partial charge on any atom is 0.211 e. The van der Waals surface area contributed by atoms with Crippen molar-refractivity contribution in [3.8, 4) is 0 Å². The summed E-state index contributed by atoms with van der Waals surface area (Å²) in [6.45, 7) is 2.99. The van der Waals surface area contributed by atoms with Crippen LogP contribution in [0.25, 0.3) is 0 Å². The Morgan fingerprint density at radius 3 is 2.50 bits per heavy atom. The van der Waals surface area contributed by atoms with Gasteiger partial charge in [-0.1, -0.05) is 0 Å². The van der Waals surface area contributed by atoms with Crippen LogP contribution in [-0.2, 0) is 9.53 Å². The van der Waals surface area contributed by atoms with Gasteiger partial charge in [-0.25, -0.2) is 0 Å². The molecule has 3 nitrogen and oxygen atoms in total. The molecule has 0 aromatic rings. The zero-order chi connectivity index (χ0) is 6.41. The lowest BCUT2D eigenvalue weighted by Gasteiger charge is -2.11. The lowest BCUT2D eigenvalue weighted by atomic mass is 10.7. The SMILES string of the molecule is CCN(C=O)COC. The minimum Gasteiger partial charge on any atom is -0.364 e. The van der Waals surface area contributed by atoms with Crippen LogP contribution in [0.5, 0.6) is 0 Å². The number of amides is 1. The van der Waals surface area contributed by atoms with Crippen LogP contribution in [0.4, 0.5) is 0 Å². The van der Waals surface area contributed by atoms with Crippen LogP contribution < -0.4 is 0 Å². The third kappa shape index (κ3) is 2.58. The summed E-state index contributed by atoms with van der Waals surface area (Å²) < 4.78 is 4.68. The topological polar surface area (TPSA) is 29.5 Å². The molecule has 0 saturated carbocycles. The Morgan fingerprint density at radius 2 is 2.38 bits per heavy atom. The van der Waals surface area contributed by atoms with Gasteiger partial charge in [0.25, 0.3) is 0 Å². The second-order valence-electron chi connectivity index (χ2n) is 1.43. The highest BCUT2D eigenvalue weighted by atomic mass is 16.5. The van der Waals surface area contributed by atoms with Crippen molar-refractivity contribution in [2.45, 2.75) is 6.92 Å². The second-order valence-corrected chi connectivity index (χ2v) is 1.43. The normalized spacial score (nSPS) is 8.75. The Balaban J connectivity index is 3.21. The van der Waals surface area contributed by atoms with Gasteiger partial charge in [0.05, 0.1) is 0 Å². The van der Waals surface area contributed by atoms with E-state index in [1.807, 2.05) is 6.92 Å². The zero-order valence-corrected chi connectivity index (χ0v) is 5.26. The maximum absolute atomic E-state index is 9.97. The number of carbonyl (C=O) groups is 1. The summed E-state index contributed by atoms with van der Waals surface area (Å²) in [5, 5.41) is 0. The van der Waals surface area contributed by atoms with E-state index < -0.39 is 0 Å². The molecule has 0 aliphatic carbocycles. The van der Waals surface area contributed by atoms with Crippen molar-refractivity contribution in [1.82, 2.24) is 4.90 Å². The number of ether oxygens (including phenoxy) is 1. The molecule has 0 rings (SSSR count). The predicted molar refractivity (Wildman–Crippen MR) is 30.3 cm³/mol. The minimum atomic E-state index is 0.389. The van der Waals surface area contributed by atoms with Crippen LogP contribution in [0.3, 0.4) is 0 Å². The smallest absolute Gasteiger partial charge is 0.211 e. The highest BCUT2D eigenvalue weighted by Gasteiger charge is 1.91. The first-order chi connectivity index (χ1) is 3.85. The summed E-state index contributed by atoms with van der Waals surface area (Å²) in [6.07, 6.45) is 0.767. The van der Waals surface area contributed by atoms with E-state index in [1.165, 1.54) is 4.90 Å². The Labute approximate surface area is 49.2 Å². The van der Waals surface area contributed by atoms with Crippen LogP contribution >= 0.6 is 0 Å². The molecule has 0 bridgehead atoms. The van der Waals surface area contributed by atoms with E-state index in [9.17, 15) is 4.79 Å². The van der Waals surface area contributed by atoms with E-state index in [1.54, 1.807) is 7.11 Å². The van der Waals surface area contributed by atoms with E-state index >= 15 is 0 Å². The van der Waals surface area contributed by atoms with Crippen LogP contribution in [0.2, 0.25) is 0 Å². The average Bonchev–Trinajstić information content (AvgIpc) is 1.83. The average molecular weight is 117 g/mol. The van der Waals surface area contributed by atoms with Gasteiger partial charge in [0, 0.05) is 13.7 Å². The van der Waals surface area contributed by atoms with E-state index in [0.29, 0.717) is 13.3 Å². The third-order valence-electron chi connectivity index (χ3n) is 0.850. The largest absolute Gasteiger partial charge is 0.364 e. The summed E-state index contributed by atoms with van der Waals surface area (Å²) in [5.41, 5.74) is 0. The van der Waals surface area contributed by atoms with Gasteiger partial charge in [0.15, 0.2) is 0 Å². The lowest BCUT2D eigenvalue weighted by Crippen LogP contribution is -2.23. The fourth-order valence-corrected chi connectivity index (χ4v) is 0.362. The van der Waals surface area contributed by atoms with Crippen LogP contribution in [0, 0.1) is 0 Å². The van der Waals surface area contributed by atoms with E-state index in [-0.39, 0.29) is 0 Å². The fraction of sp³-hybridized carbons (Fsp3) is 0.800. The molecule has 0 heterocycles. The molecule has 0 aromatic carbocycles. The van der Waals surface area contributed by atoms with Crippen molar-refractivity contribution in [2.24, 2.45) is 0 Å². The van der Waals surface area contributed by atoms with Gasteiger partial charge in [-0.3, -0.25) is 4.79 Å². The lowest BCUT2D eigenvalue weighted by molar-refractivity contribution is -0.122. The summed E-state index contributed by atoms with van der Waals surface area (Å²) in [4.78, 5) is 11.5. The Hall–Kier alpha value is -0.570. The second kappa shape index (κ2) is 4.59. The Kier molecular flexibility index (Phi) is 4.26. The molecule has 0 radical (unpaired) electrons. The zero-order valence-electron chi connectivity index (χ0n) is 5.26. The molecule has 0 aromatic heterocycles. The van der Waals surface area contributed by atoms with E-state index in [0.717, 1.165) is 6.41 Å². The molecule has 0 fully saturated rings. The van der Waals surface area contributed by atoms with Crippen molar-refractivity contribution in [1.29, 1.82) is 0 Å². The summed E-state index contributed by atoms with van der Waals surface area (Å²) >= 11 is 0. The van der Waals surface area contributed by atoms with Crippen LogP contribution in [0.15, 0.2) is 0 Å². The van der Waals surface area contributed by atoms with Crippen molar-refractivity contribution in [2.75, 3.05) is 20.4 Å². The molecule has 0 atom stereocenters. The molecular formula is C5H11NO2. The first kappa shape index (κ1) is 7.43. The van der Waals surface area contributed by atoms with Gasteiger partial charge < -0.3 is 9.64 Å². The van der Waals surface area contributed by atoms with E-state index in [2.05, 4.69) is 4.74 Å². The van der Waals surface area contributed by atoms with Crippen molar-refractivity contribution < 1.29 is 9.53 Å². The molecule has 1 amide bonds. The highest BCUT2D eigenvalue weighted by molar-refractivity contribution is 5.46. The number of methoxy groups -OCH3 is 1. The summed E-state index contributed by atoms with van der Waals surface area (Å²) in [5.74, 6) is 0. The third-order valence-corrected chi connectivity index (χ3v) is 0.850. The maximum atomic E-state index is 9.97. The quantitative estimate of drug-likeness (QED) is 0.385. The molecule has 0 aliphatic heterocycles. The van der Waals surface area contributed by atoms with Crippen molar-refractivity contribution in [3.63, 3.8) is 0 Å². The molecule has 8 heavy (non-hydrogen) atoms. The van der Waals surface area contributed by atoms with Gasteiger partial charge >= 0.3 is 0 Å². The van der Waals surface area contributed by atoms with Gasteiger partial charge in [0.1, 0.15) is 6.73 Å². The molecule has 0 N–H and O–H groups in total. The monoisotopic (exact) mass is 117 g/mol. The fourth-order valence-electron chi connectivity index (χ4n) is 0.362. The Bertz CT molecular complexity index is 65.4. The van der Waals surface area contributed by atoms with Crippen LogP contribution in [0.1, 0.15) is 6.92 Å². The predicted octanol–water partition coefficient (Wildman–Crippen LogP) is 0.0686. The summed E-state index contributed by atoms with van der Waals surface area (Å²) in [6, 6.07) is 0. The van der Waals surface area contributed by atoms with E-state index in [4.69, 9.17) is 0 Å². The number of hydrogen-bond donors (Lipinski definition) is 0. The van der Waals surface area contributed by atoms with Crippen molar-refractivity contribution in [3.05, 3.63) is 0 Å². The molecule has 3 heteroatoms. The highest BCUT2D eigenvalue weighted by Crippen LogP contribution is 1.78. The van der Waals surface area contributed by atoms with Crippen molar-refractivity contribution >= 4 is 6.41 Å². The number of carbonyl (C=O) groups excluding carboxylic acids is 1. The molecule has 0 aliphatic rings. The molecule has 0 unspecified atom stereocenters. The van der Waals surface area contributed by atoms with Crippen LogP contribution in [-0.4, -0.2) is 31.7 Å². The van der Waals surface area contributed by atoms with Gasteiger partial charge in [-0.05, 0) is 6.92 Å². The number of nitrogens with zero attached hydrogens (tertiary/aromatic N) is 1. The standard InChI is InChI=1S/C5H11NO2/c1-3-6(4-7)5-8-2/h4H,3,5H2,1-2H3. The van der Waals surface area contributed by atoms with Gasteiger partial charge in [-0.15, -0.1) is 0 Å². The molecule has 0 spiro atoms. The first-order valence-corrected chi connectivity index (χ1v) is 2.53. The Morgan fingerprint density at radius 1 is 1.75 bits per heavy atom. The first-order valence-electron chi connectivity index (χ1n) is 2.53. The molecule has 0 saturated heterocycles. The molecular weight excluding hydrogens is 106 g/mol. The molecule has 48 valence electrons. The number of hydrogen-bond acceptors (Lipinski definition) is 2. The summed E-state index contributed by atoms with van der Waals surface area (Å²) in [7, 11) is 1.56. The van der Waals surface area contributed by atoms with Gasteiger partial charge in [0.2, 0.25) is 6.41 Å². The number of rotatable bonds is 4.